The van der Waals surface area contributed by atoms with Crippen molar-refractivity contribution in [2.45, 2.75) is 19.5 Å². The third kappa shape index (κ3) is 3.37. The third-order valence-electron chi connectivity index (χ3n) is 5.33. The summed E-state index contributed by atoms with van der Waals surface area (Å²) < 4.78 is 7.91. The predicted molar refractivity (Wildman–Crippen MR) is 96.6 cm³/mol. The predicted octanol–water partition coefficient (Wildman–Crippen LogP) is 1.10. The summed E-state index contributed by atoms with van der Waals surface area (Å²) >= 11 is 0. The fourth-order valence-corrected chi connectivity index (χ4v) is 3.93. The van der Waals surface area contributed by atoms with Crippen molar-refractivity contribution < 1.29 is 9.53 Å². The van der Waals surface area contributed by atoms with Gasteiger partial charge in [0, 0.05) is 56.9 Å². The summed E-state index contributed by atoms with van der Waals surface area (Å²) in [6, 6.07) is 3.75. The van der Waals surface area contributed by atoms with Crippen LogP contribution in [0.4, 0.5) is 0 Å². The Balaban J connectivity index is 1.56. The molecule has 0 saturated carbocycles. The Bertz CT molecular complexity index is 790. The van der Waals surface area contributed by atoms with Crippen molar-refractivity contribution >= 4 is 5.91 Å². The lowest BCUT2D eigenvalue weighted by Gasteiger charge is -2.31. The van der Waals surface area contributed by atoms with E-state index in [1.807, 2.05) is 43.4 Å². The molecule has 2 atom stereocenters. The van der Waals surface area contributed by atoms with Gasteiger partial charge in [-0.05, 0) is 19.1 Å². The molecule has 0 aromatic carbocycles. The molecule has 4 rings (SSSR count). The molecule has 2 saturated heterocycles. The highest BCUT2D eigenvalue weighted by atomic mass is 16.5. The van der Waals surface area contributed by atoms with Gasteiger partial charge in [-0.1, -0.05) is 0 Å². The van der Waals surface area contributed by atoms with E-state index in [0.29, 0.717) is 24.7 Å². The van der Waals surface area contributed by atoms with Gasteiger partial charge in [0.25, 0.3) is 5.91 Å². The number of aryl methyl sites for hydroxylation is 2. The van der Waals surface area contributed by atoms with E-state index in [2.05, 4.69) is 19.4 Å². The van der Waals surface area contributed by atoms with Crippen LogP contribution in [0.1, 0.15) is 21.9 Å². The van der Waals surface area contributed by atoms with Crippen LogP contribution in [0.3, 0.4) is 0 Å². The first-order chi connectivity index (χ1) is 12.6. The van der Waals surface area contributed by atoms with E-state index in [9.17, 15) is 4.79 Å². The van der Waals surface area contributed by atoms with E-state index < -0.39 is 0 Å². The lowest BCUT2D eigenvalue weighted by atomic mass is 10.1. The van der Waals surface area contributed by atoms with Crippen LogP contribution in [0, 0.1) is 12.8 Å². The SMILES string of the molecule is Cc1ncccc1C(=O)N1C[C@H]2COC[C@@H]1CN(Cc1nccn1C)C2. The molecule has 4 heterocycles. The molecule has 0 aliphatic carbocycles. The molecule has 2 bridgehead atoms. The first-order valence-corrected chi connectivity index (χ1v) is 9.10. The molecule has 0 N–H and O–H groups in total. The number of imidazole rings is 1. The van der Waals surface area contributed by atoms with Crippen LogP contribution in [0.25, 0.3) is 0 Å². The second-order valence-electron chi connectivity index (χ2n) is 7.30. The Morgan fingerprint density at radius 2 is 2.12 bits per heavy atom. The molecule has 2 aliphatic rings. The number of hydrogen-bond donors (Lipinski definition) is 0. The van der Waals surface area contributed by atoms with Gasteiger partial charge in [0.2, 0.25) is 0 Å². The minimum Gasteiger partial charge on any atom is -0.379 e. The molecular formula is C19H25N5O2. The Kier molecular flexibility index (Phi) is 4.74. The number of rotatable bonds is 3. The highest BCUT2D eigenvalue weighted by Gasteiger charge is 2.36. The average molecular weight is 355 g/mol. The van der Waals surface area contributed by atoms with Crippen molar-refractivity contribution in [1.82, 2.24) is 24.3 Å². The number of hydrogen-bond acceptors (Lipinski definition) is 5. The highest BCUT2D eigenvalue weighted by molar-refractivity contribution is 5.95. The number of amides is 1. The van der Waals surface area contributed by atoms with E-state index in [4.69, 9.17) is 4.74 Å². The summed E-state index contributed by atoms with van der Waals surface area (Å²) in [6.45, 7) is 6.41. The average Bonchev–Trinajstić information content (AvgIpc) is 2.81. The van der Waals surface area contributed by atoms with Gasteiger partial charge in [0.15, 0.2) is 0 Å². The number of carbonyl (C=O) groups excluding carboxylic acids is 1. The number of aromatic nitrogens is 3. The molecule has 1 amide bonds. The zero-order valence-electron chi connectivity index (χ0n) is 15.3. The van der Waals surface area contributed by atoms with Gasteiger partial charge in [-0.25, -0.2) is 4.98 Å². The van der Waals surface area contributed by atoms with Gasteiger partial charge >= 0.3 is 0 Å². The van der Waals surface area contributed by atoms with E-state index in [1.165, 1.54) is 0 Å². The normalized spacial score (nSPS) is 23.7. The highest BCUT2D eigenvalue weighted by Crippen LogP contribution is 2.23. The zero-order valence-corrected chi connectivity index (χ0v) is 15.3. The molecule has 7 heteroatoms. The van der Waals surface area contributed by atoms with Crippen molar-refractivity contribution in [3.8, 4) is 0 Å². The maximum Gasteiger partial charge on any atom is 0.256 e. The summed E-state index contributed by atoms with van der Waals surface area (Å²) in [5, 5.41) is 0. The fraction of sp³-hybridized carbons (Fsp3) is 0.526. The molecule has 0 radical (unpaired) electrons. The van der Waals surface area contributed by atoms with Crippen molar-refractivity contribution in [2.75, 3.05) is 32.8 Å². The lowest BCUT2D eigenvalue weighted by Crippen LogP contribution is -2.46. The van der Waals surface area contributed by atoms with Crippen LogP contribution in [0.5, 0.6) is 0 Å². The Morgan fingerprint density at radius 1 is 1.23 bits per heavy atom. The van der Waals surface area contributed by atoms with Crippen molar-refractivity contribution in [3.05, 3.63) is 47.8 Å². The molecule has 0 unspecified atom stereocenters. The minimum absolute atomic E-state index is 0.0508. The van der Waals surface area contributed by atoms with Crippen LogP contribution in [-0.4, -0.2) is 69.1 Å². The summed E-state index contributed by atoms with van der Waals surface area (Å²) in [5.74, 6) is 1.42. The number of nitrogens with zero attached hydrogens (tertiary/aromatic N) is 5. The molecule has 2 aliphatic heterocycles. The monoisotopic (exact) mass is 355 g/mol. The second kappa shape index (κ2) is 7.17. The Labute approximate surface area is 153 Å². The van der Waals surface area contributed by atoms with Crippen LogP contribution in [-0.2, 0) is 18.3 Å². The maximum absolute atomic E-state index is 13.2. The van der Waals surface area contributed by atoms with Crippen LogP contribution >= 0.6 is 0 Å². The number of pyridine rings is 1. The van der Waals surface area contributed by atoms with Gasteiger partial charge in [0.1, 0.15) is 5.82 Å². The van der Waals surface area contributed by atoms with E-state index in [0.717, 1.165) is 37.7 Å². The lowest BCUT2D eigenvalue weighted by molar-refractivity contribution is 0.0417. The van der Waals surface area contributed by atoms with Crippen LogP contribution in [0.2, 0.25) is 0 Å². The Hall–Kier alpha value is -2.25. The van der Waals surface area contributed by atoms with Crippen molar-refractivity contribution in [2.24, 2.45) is 13.0 Å². The van der Waals surface area contributed by atoms with E-state index in [1.54, 1.807) is 6.20 Å². The van der Waals surface area contributed by atoms with Crippen LogP contribution in [0.15, 0.2) is 30.7 Å². The molecule has 2 aromatic heterocycles. The summed E-state index contributed by atoms with van der Waals surface area (Å²) in [5.41, 5.74) is 1.47. The fourth-order valence-electron chi connectivity index (χ4n) is 3.93. The van der Waals surface area contributed by atoms with Crippen molar-refractivity contribution in [3.63, 3.8) is 0 Å². The van der Waals surface area contributed by atoms with Gasteiger partial charge in [-0.3, -0.25) is 14.7 Å². The second-order valence-corrected chi connectivity index (χ2v) is 7.30. The molecular weight excluding hydrogens is 330 g/mol. The largest absolute Gasteiger partial charge is 0.379 e. The van der Waals surface area contributed by atoms with Crippen LogP contribution < -0.4 is 0 Å². The number of fused-ring (bicyclic) bond motifs is 3. The summed E-state index contributed by atoms with van der Waals surface area (Å²) in [7, 11) is 2.02. The number of carbonyl (C=O) groups is 1. The minimum atomic E-state index is 0.0508. The molecule has 2 fully saturated rings. The van der Waals surface area contributed by atoms with Gasteiger partial charge in [-0.2, -0.15) is 0 Å². The summed E-state index contributed by atoms with van der Waals surface area (Å²) in [6.07, 6.45) is 5.53. The van der Waals surface area contributed by atoms with E-state index in [-0.39, 0.29) is 11.9 Å². The summed E-state index contributed by atoms with van der Waals surface area (Å²) in [4.78, 5) is 26.3. The third-order valence-corrected chi connectivity index (χ3v) is 5.33. The molecule has 26 heavy (non-hydrogen) atoms. The first-order valence-electron chi connectivity index (χ1n) is 9.10. The first kappa shape index (κ1) is 17.2. The quantitative estimate of drug-likeness (QED) is 0.825. The zero-order chi connectivity index (χ0) is 18.1. The van der Waals surface area contributed by atoms with Gasteiger partial charge in [0.05, 0.1) is 31.4 Å². The van der Waals surface area contributed by atoms with Gasteiger partial charge < -0.3 is 14.2 Å². The molecule has 7 nitrogen and oxygen atoms in total. The topological polar surface area (TPSA) is 63.5 Å². The van der Waals surface area contributed by atoms with Crippen molar-refractivity contribution in [1.29, 1.82) is 0 Å². The number of ether oxygens (including phenoxy) is 1. The molecule has 138 valence electrons. The van der Waals surface area contributed by atoms with E-state index >= 15 is 0 Å². The standard InChI is InChI=1S/C19H25N5O2/c1-14-17(4-3-5-20-14)19(25)24-9-15-8-23(10-16(24)13-26-12-15)11-18-21-6-7-22(18)2/h3-7,15-16H,8-13H2,1-2H3/t15-,16-/m0/s1. The Morgan fingerprint density at radius 3 is 2.88 bits per heavy atom. The maximum atomic E-state index is 13.2. The molecule has 2 aromatic rings. The van der Waals surface area contributed by atoms with Gasteiger partial charge in [-0.15, -0.1) is 0 Å². The molecule has 0 spiro atoms. The smallest absolute Gasteiger partial charge is 0.256 e.